The Hall–Kier alpha value is -3.19. The summed E-state index contributed by atoms with van der Waals surface area (Å²) in [7, 11) is 1.17. The number of nitrogens with one attached hydrogen (secondary N) is 2. The maximum Gasteiger partial charge on any atom is 0.413 e. The second-order valence-electron chi connectivity index (χ2n) is 5.13. The monoisotopic (exact) mass is 354 g/mol. The van der Waals surface area contributed by atoms with Crippen molar-refractivity contribution >= 4 is 45.0 Å². The summed E-state index contributed by atoms with van der Waals surface area (Å²) in [6.07, 6.45) is -0.858. The zero-order valence-electron chi connectivity index (χ0n) is 13.2. The van der Waals surface area contributed by atoms with Crippen molar-refractivity contribution in [1.29, 1.82) is 0 Å². The summed E-state index contributed by atoms with van der Waals surface area (Å²) >= 11 is 1.19. The fourth-order valence-corrected chi connectivity index (χ4v) is 3.08. The molecule has 3 aromatic rings. The number of fused-ring (bicyclic) bond motifs is 1. The Morgan fingerprint density at radius 3 is 2.48 bits per heavy atom. The largest absolute Gasteiger partial charge is 0.453 e. The first kappa shape index (κ1) is 16.7. The van der Waals surface area contributed by atoms with Crippen LogP contribution in [0.25, 0.3) is 10.8 Å². The van der Waals surface area contributed by atoms with Crippen LogP contribution in [-0.2, 0) is 4.74 Å². The second kappa shape index (κ2) is 7.14. The number of carbonyl (C=O) groups is 3. The molecular formula is C18H14N2O4S. The van der Waals surface area contributed by atoms with Gasteiger partial charge in [0, 0.05) is 5.56 Å². The summed E-state index contributed by atoms with van der Waals surface area (Å²) in [5, 5.41) is 8.78. The molecule has 0 atom stereocenters. The SMILES string of the molecule is COC(=O)NC(=O)c1ccsc1NC(=O)c1ccc2ccccc2c1. The van der Waals surface area contributed by atoms with E-state index in [9.17, 15) is 14.4 Å². The summed E-state index contributed by atoms with van der Waals surface area (Å²) in [6.45, 7) is 0. The lowest BCUT2D eigenvalue weighted by molar-refractivity contribution is 0.0938. The molecule has 0 fully saturated rings. The van der Waals surface area contributed by atoms with Gasteiger partial charge in [0.1, 0.15) is 5.00 Å². The predicted octanol–water partition coefficient (Wildman–Crippen LogP) is 3.65. The standard InChI is InChI=1S/C18H14N2O4S/c1-24-18(23)20-16(22)14-8-9-25-17(14)19-15(21)13-7-6-11-4-2-3-5-12(11)10-13/h2-10H,1H3,(H,19,21)(H,20,22,23). The predicted molar refractivity (Wildman–Crippen MR) is 96.1 cm³/mol. The zero-order valence-corrected chi connectivity index (χ0v) is 14.1. The normalized spacial score (nSPS) is 10.3. The van der Waals surface area contributed by atoms with E-state index >= 15 is 0 Å². The van der Waals surface area contributed by atoms with Gasteiger partial charge >= 0.3 is 6.09 Å². The summed E-state index contributed by atoms with van der Waals surface area (Å²) in [6, 6.07) is 14.6. The second-order valence-corrected chi connectivity index (χ2v) is 6.04. The maximum absolute atomic E-state index is 12.5. The van der Waals surface area contributed by atoms with E-state index in [0.717, 1.165) is 10.8 Å². The van der Waals surface area contributed by atoms with Crippen LogP contribution in [0.15, 0.2) is 53.9 Å². The van der Waals surface area contributed by atoms with Crippen LogP contribution in [0, 0.1) is 0 Å². The van der Waals surface area contributed by atoms with E-state index in [1.807, 2.05) is 30.3 Å². The van der Waals surface area contributed by atoms with Gasteiger partial charge in [0.25, 0.3) is 11.8 Å². The van der Waals surface area contributed by atoms with Crippen molar-refractivity contribution in [1.82, 2.24) is 5.32 Å². The van der Waals surface area contributed by atoms with E-state index in [0.29, 0.717) is 10.6 Å². The van der Waals surface area contributed by atoms with Gasteiger partial charge in [-0.2, -0.15) is 0 Å². The first-order valence-corrected chi connectivity index (χ1v) is 8.23. The van der Waals surface area contributed by atoms with Gasteiger partial charge in [0.2, 0.25) is 0 Å². The molecule has 3 amide bonds. The van der Waals surface area contributed by atoms with Crippen molar-refractivity contribution < 1.29 is 19.1 Å². The number of hydrogen-bond donors (Lipinski definition) is 2. The quantitative estimate of drug-likeness (QED) is 0.752. The van der Waals surface area contributed by atoms with Gasteiger partial charge in [-0.1, -0.05) is 30.3 Å². The Bertz CT molecular complexity index is 964. The fraction of sp³-hybridized carbons (Fsp3) is 0.0556. The third-order valence-electron chi connectivity index (χ3n) is 3.55. The van der Waals surface area contributed by atoms with E-state index < -0.39 is 12.0 Å². The van der Waals surface area contributed by atoms with Crippen LogP contribution in [0.2, 0.25) is 0 Å². The average molecular weight is 354 g/mol. The third kappa shape index (κ3) is 3.67. The van der Waals surface area contributed by atoms with Crippen molar-refractivity contribution in [2.75, 3.05) is 12.4 Å². The van der Waals surface area contributed by atoms with Gasteiger partial charge in [0.15, 0.2) is 0 Å². The van der Waals surface area contributed by atoms with E-state index in [1.165, 1.54) is 24.5 Å². The molecule has 1 heterocycles. The Balaban J connectivity index is 1.80. The minimum atomic E-state index is -0.858. The number of anilines is 1. The van der Waals surface area contributed by atoms with Gasteiger partial charge in [-0.3, -0.25) is 14.9 Å². The molecule has 2 N–H and O–H groups in total. The van der Waals surface area contributed by atoms with Crippen molar-refractivity contribution in [2.24, 2.45) is 0 Å². The topological polar surface area (TPSA) is 84.5 Å². The van der Waals surface area contributed by atoms with E-state index in [-0.39, 0.29) is 11.5 Å². The minimum Gasteiger partial charge on any atom is -0.453 e. The molecule has 25 heavy (non-hydrogen) atoms. The molecule has 0 aliphatic rings. The summed E-state index contributed by atoms with van der Waals surface area (Å²) in [4.78, 5) is 35.7. The number of imide groups is 1. The molecule has 6 nitrogen and oxygen atoms in total. The lowest BCUT2D eigenvalue weighted by Gasteiger charge is -2.07. The van der Waals surface area contributed by atoms with Crippen LogP contribution in [0.4, 0.5) is 9.80 Å². The summed E-state index contributed by atoms with van der Waals surface area (Å²) < 4.78 is 4.40. The van der Waals surface area contributed by atoms with Gasteiger partial charge < -0.3 is 10.1 Å². The summed E-state index contributed by atoms with van der Waals surface area (Å²) in [5.74, 6) is -0.970. The first-order chi connectivity index (χ1) is 12.1. The van der Waals surface area contributed by atoms with Crippen molar-refractivity contribution in [3.8, 4) is 0 Å². The van der Waals surface area contributed by atoms with Crippen LogP contribution < -0.4 is 10.6 Å². The molecule has 0 saturated heterocycles. The van der Waals surface area contributed by atoms with Gasteiger partial charge in [-0.05, 0) is 34.4 Å². The smallest absolute Gasteiger partial charge is 0.413 e. The van der Waals surface area contributed by atoms with Crippen molar-refractivity contribution in [2.45, 2.75) is 0 Å². The molecule has 0 unspecified atom stereocenters. The highest BCUT2D eigenvalue weighted by Gasteiger charge is 2.18. The van der Waals surface area contributed by atoms with E-state index in [2.05, 4.69) is 15.4 Å². The molecule has 0 spiro atoms. The van der Waals surface area contributed by atoms with Crippen LogP contribution in [0.3, 0.4) is 0 Å². The third-order valence-corrected chi connectivity index (χ3v) is 4.38. The number of rotatable bonds is 3. The van der Waals surface area contributed by atoms with E-state index in [1.54, 1.807) is 17.5 Å². The van der Waals surface area contributed by atoms with Crippen molar-refractivity contribution in [3.05, 3.63) is 65.0 Å². The molecule has 0 bridgehead atoms. The Labute approximate surface area is 147 Å². The highest BCUT2D eigenvalue weighted by Crippen LogP contribution is 2.24. The Morgan fingerprint density at radius 2 is 1.72 bits per heavy atom. The highest BCUT2D eigenvalue weighted by molar-refractivity contribution is 7.14. The molecule has 126 valence electrons. The van der Waals surface area contributed by atoms with Crippen LogP contribution >= 0.6 is 11.3 Å². The molecule has 0 aliphatic heterocycles. The van der Waals surface area contributed by atoms with Crippen LogP contribution in [0.1, 0.15) is 20.7 Å². The number of alkyl carbamates (subject to hydrolysis) is 1. The molecule has 0 aliphatic carbocycles. The molecule has 2 aromatic carbocycles. The molecule has 0 radical (unpaired) electrons. The van der Waals surface area contributed by atoms with E-state index in [4.69, 9.17) is 0 Å². The summed E-state index contributed by atoms with van der Waals surface area (Å²) in [5.41, 5.74) is 0.677. The number of hydrogen-bond acceptors (Lipinski definition) is 5. The number of thiophene rings is 1. The molecule has 0 saturated carbocycles. The first-order valence-electron chi connectivity index (χ1n) is 7.35. The lowest BCUT2D eigenvalue weighted by atomic mass is 10.1. The molecule has 1 aromatic heterocycles. The van der Waals surface area contributed by atoms with Gasteiger partial charge in [0.05, 0.1) is 12.7 Å². The number of ether oxygens (including phenoxy) is 1. The Kier molecular flexibility index (Phi) is 4.76. The lowest BCUT2D eigenvalue weighted by Crippen LogP contribution is -2.30. The van der Waals surface area contributed by atoms with Crippen LogP contribution in [0.5, 0.6) is 0 Å². The van der Waals surface area contributed by atoms with Crippen LogP contribution in [-0.4, -0.2) is 25.0 Å². The average Bonchev–Trinajstić information content (AvgIpc) is 3.09. The zero-order chi connectivity index (χ0) is 17.8. The fourth-order valence-electron chi connectivity index (χ4n) is 2.30. The van der Waals surface area contributed by atoms with Crippen molar-refractivity contribution in [3.63, 3.8) is 0 Å². The molecule has 3 rings (SSSR count). The molecule has 7 heteroatoms. The highest BCUT2D eigenvalue weighted by atomic mass is 32.1. The maximum atomic E-state index is 12.5. The number of amides is 3. The van der Waals surface area contributed by atoms with Gasteiger partial charge in [-0.25, -0.2) is 4.79 Å². The minimum absolute atomic E-state index is 0.199. The Morgan fingerprint density at radius 1 is 0.960 bits per heavy atom. The molecular weight excluding hydrogens is 340 g/mol. The van der Waals surface area contributed by atoms with Gasteiger partial charge in [-0.15, -0.1) is 11.3 Å². The number of benzene rings is 2. The number of methoxy groups -OCH3 is 1. The number of carbonyl (C=O) groups excluding carboxylic acids is 3.